The highest BCUT2D eigenvalue weighted by molar-refractivity contribution is 7.89. The van der Waals surface area contributed by atoms with Crippen LogP contribution in [0.4, 0.5) is 0 Å². The van der Waals surface area contributed by atoms with Crippen molar-refractivity contribution in [3.63, 3.8) is 0 Å². The molecular weight excluding hydrogens is 242 g/mol. The molecule has 0 aromatic heterocycles. The maximum atomic E-state index is 11.6. The summed E-state index contributed by atoms with van der Waals surface area (Å²) in [5.74, 6) is -0.541. The number of carbonyl (C=O) groups excluding carboxylic acids is 1. The fraction of sp³-hybridized carbons (Fsp3) is 0.364. The van der Waals surface area contributed by atoms with E-state index in [1.807, 2.05) is 6.92 Å². The van der Waals surface area contributed by atoms with Crippen molar-refractivity contribution in [2.45, 2.75) is 25.2 Å². The van der Waals surface area contributed by atoms with Gasteiger partial charge in [0.2, 0.25) is 10.0 Å². The molecule has 0 unspecified atom stereocenters. The van der Waals surface area contributed by atoms with E-state index in [1.165, 1.54) is 12.1 Å². The van der Waals surface area contributed by atoms with Gasteiger partial charge in [-0.3, -0.25) is 0 Å². The third-order valence-electron chi connectivity index (χ3n) is 2.05. The molecule has 2 N–H and O–H groups in total. The van der Waals surface area contributed by atoms with Crippen LogP contribution in [-0.2, 0) is 14.8 Å². The maximum Gasteiger partial charge on any atom is 0.338 e. The molecule has 0 saturated heterocycles. The molecule has 0 bridgehead atoms. The van der Waals surface area contributed by atoms with Crippen LogP contribution in [0.2, 0.25) is 0 Å². The number of hydrogen-bond acceptors (Lipinski definition) is 4. The van der Waals surface area contributed by atoms with E-state index >= 15 is 0 Å². The van der Waals surface area contributed by atoms with E-state index in [4.69, 9.17) is 9.88 Å². The summed E-state index contributed by atoms with van der Waals surface area (Å²) >= 11 is 0. The second-order valence-corrected chi connectivity index (χ2v) is 5.28. The fourth-order valence-corrected chi connectivity index (χ4v) is 1.95. The first-order valence-corrected chi connectivity index (χ1v) is 6.71. The second-order valence-electron chi connectivity index (χ2n) is 3.72. The van der Waals surface area contributed by atoms with Gasteiger partial charge in [-0.05, 0) is 37.1 Å². The van der Waals surface area contributed by atoms with Crippen molar-refractivity contribution in [1.29, 1.82) is 0 Å². The predicted molar refractivity (Wildman–Crippen MR) is 63.1 cm³/mol. The molecule has 0 fully saturated rings. The lowest BCUT2D eigenvalue weighted by Gasteiger charge is -2.06. The topological polar surface area (TPSA) is 86.5 Å². The van der Waals surface area contributed by atoms with Crippen molar-refractivity contribution < 1.29 is 17.9 Å². The monoisotopic (exact) mass is 257 g/mol. The molecule has 94 valence electrons. The van der Waals surface area contributed by atoms with Crippen molar-refractivity contribution in [3.8, 4) is 0 Å². The Balaban J connectivity index is 3.10. The zero-order valence-electron chi connectivity index (χ0n) is 9.76. The number of nitrogens with two attached hydrogens (primary N) is 1. The lowest BCUT2D eigenvalue weighted by molar-refractivity contribution is 0.0504. The van der Waals surface area contributed by atoms with Crippen LogP contribution in [0.15, 0.2) is 23.1 Å². The van der Waals surface area contributed by atoms with Gasteiger partial charge in [0.15, 0.2) is 0 Å². The Morgan fingerprint density at radius 1 is 1.35 bits per heavy atom. The molecule has 6 heteroatoms. The Morgan fingerprint density at radius 3 is 2.53 bits per heavy atom. The minimum atomic E-state index is -3.81. The molecule has 0 spiro atoms. The van der Waals surface area contributed by atoms with Gasteiger partial charge in [0, 0.05) is 0 Å². The zero-order chi connectivity index (χ0) is 13.1. The lowest BCUT2D eigenvalue weighted by Crippen LogP contribution is -2.14. The molecular formula is C11H15NO4S. The van der Waals surface area contributed by atoms with Crippen molar-refractivity contribution in [2.24, 2.45) is 5.14 Å². The average molecular weight is 257 g/mol. The highest BCUT2D eigenvalue weighted by atomic mass is 32.2. The van der Waals surface area contributed by atoms with E-state index in [0.29, 0.717) is 18.6 Å². The summed E-state index contributed by atoms with van der Waals surface area (Å²) in [4.78, 5) is 11.5. The number of ether oxygens (including phenoxy) is 1. The summed E-state index contributed by atoms with van der Waals surface area (Å²) in [5.41, 5.74) is 0.836. The quantitative estimate of drug-likeness (QED) is 0.821. The second kappa shape index (κ2) is 5.29. The van der Waals surface area contributed by atoms with Gasteiger partial charge in [-0.25, -0.2) is 18.4 Å². The highest BCUT2D eigenvalue weighted by Gasteiger charge is 2.14. The van der Waals surface area contributed by atoms with Crippen LogP contribution in [0.5, 0.6) is 0 Å². The first-order chi connectivity index (χ1) is 7.84. The van der Waals surface area contributed by atoms with E-state index in [9.17, 15) is 13.2 Å². The first-order valence-electron chi connectivity index (χ1n) is 5.16. The molecule has 0 aliphatic rings. The Kier molecular flexibility index (Phi) is 4.25. The largest absolute Gasteiger partial charge is 0.462 e. The van der Waals surface area contributed by atoms with Crippen LogP contribution >= 0.6 is 0 Å². The Bertz CT molecular complexity index is 522. The van der Waals surface area contributed by atoms with Gasteiger partial charge in [0.25, 0.3) is 0 Å². The summed E-state index contributed by atoms with van der Waals surface area (Å²) < 4.78 is 27.3. The minimum Gasteiger partial charge on any atom is -0.462 e. The molecule has 1 aromatic rings. The standard InChI is InChI=1S/C11H15NO4S/c1-3-4-16-11(13)9-5-8(2)6-10(7-9)17(12,14)15/h5-7H,3-4H2,1-2H3,(H2,12,14,15). The molecule has 0 heterocycles. The molecule has 0 aliphatic heterocycles. The third-order valence-corrected chi connectivity index (χ3v) is 2.95. The van der Waals surface area contributed by atoms with Crippen molar-refractivity contribution in [1.82, 2.24) is 0 Å². The summed E-state index contributed by atoms with van der Waals surface area (Å²) in [6.07, 6.45) is 0.708. The lowest BCUT2D eigenvalue weighted by atomic mass is 10.1. The van der Waals surface area contributed by atoms with Crippen LogP contribution in [0.1, 0.15) is 29.3 Å². The third kappa shape index (κ3) is 3.83. The van der Waals surface area contributed by atoms with Gasteiger partial charge in [-0.15, -0.1) is 0 Å². The number of primary sulfonamides is 1. The van der Waals surface area contributed by atoms with Gasteiger partial charge < -0.3 is 4.74 Å². The van der Waals surface area contributed by atoms with Gasteiger partial charge >= 0.3 is 5.97 Å². The Labute approximate surface area is 101 Å². The molecule has 1 rings (SSSR count). The maximum absolute atomic E-state index is 11.6. The minimum absolute atomic E-state index is 0.0825. The molecule has 0 radical (unpaired) electrons. The van der Waals surface area contributed by atoms with E-state index < -0.39 is 16.0 Å². The molecule has 0 saturated carbocycles. The van der Waals surface area contributed by atoms with Gasteiger partial charge in [0.05, 0.1) is 17.1 Å². The number of esters is 1. The number of rotatable bonds is 4. The normalized spacial score (nSPS) is 11.2. The van der Waals surface area contributed by atoms with Crippen LogP contribution < -0.4 is 5.14 Å². The van der Waals surface area contributed by atoms with Crippen LogP contribution in [0.3, 0.4) is 0 Å². The summed E-state index contributed by atoms with van der Waals surface area (Å²) in [7, 11) is -3.81. The SMILES string of the molecule is CCCOC(=O)c1cc(C)cc(S(N)(=O)=O)c1. The number of hydrogen-bond donors (Lipinski definition) is 1. The van der Waals surface area contributed by atoms with Crippen LogP contribution in [-0.4, -0.2) is 21.0 Å². The summed E-state index contributed by atoms with van der Waals surface area (Å²) in [6.45, 7) is 3.86. The van der Waals surface area contributed by atoms with Crippen LogP contribution in [0, 0.1) is 6.92 Å². The molecule has 17 heavy (non-hydrogen) atoms. The summed E-state index contributed by atoms with van der Waals surface area (Å²) in [6, 6.07) is 4.19. The van der Waals surface area contributed by atoms with Gasteiger partial charge in [-0.1, -0.05) is 6.92 Å². The van der Waals surface area contributed by atoms with Crippen molar-refractivity contribution in [3.05, 3.63) is 29.3 Å². The number of sulfonamides is 1. The molecule has 5 nitrogen and oxygen atoms in total. The predicted octanol–water partition coefficient (Wildman–Crippen LogP) is 1.21. The number of carbonyl (C=O) groups is 1. The summed E-state index contributed by atoms with van der Waals surface area (Å²) in [5, 5.41) is 5.01. The number of aryl methyl sites for hydroxylation is 1. The first kappa shape index (κ1) is 13.7. The molecule has 0 amide bonds. The molecule has 0 aliphatic carbocycles. The highest BCUT2D eigenvalue weighted by Crippen LogP contribution is 2.14. The van der Waals surface area contributed by atoms with Crippen LogP contribution in [0.25, 0.3) is 0 Å². The van der Waals surface area contributed by atoms with E-state index in [0.717, 1.165) is 0 Å². The van der Waals surface area contributed by atoms with Crippen molar-refractivity contribution >= 4 is 16.0 Å². The van der Waals surface area contributed by atoms with E-state index in [1.54, 1.807) is 13.0 Å². The number of benzene rings is 1. The zero-order valence-corrected chi connectivity index (χ0v) is 10.6. The average Bonchev–Trinajstić information content (AvgIpc) is 2.23. The Morgan fingerprint density at radius 2 is 2.00 bits per heavy atom. The van der Waals surface area contributed by atoms with E-state index in [-0.39, 0.29) is 10.5 Å². The van der Waals surface area contributed by atoms with Gasteiger partial charge in [-0.2, -0.15) is 0 Å². The van der Waals surface area contributed by atoms with E-state index in [2.05, 4.69) is 0 Å². The molecule has 0 atom stereocenters. The molecule has 1 aromatic carbocycles. The fourth-order valence-electron chi connectivity index (χ4n) is 1.31. The Hall–Kier alpha value is -1.40. The smallest absolute Gasteiger partial charge is 0.338 e. The van der Waals surface area contributed by atoms with Crippen molar-refractivity contribution in [2.75, 3.05) is 6.61 Å². The van der Waals surface area contributed by atoms with Gasteiger partial charge in [0.1, 0.15) is 0 Å².